The summed E-state index contributed by atoms with van der Waals surface area (Å²) < 4.78 is 0.0801. The largest absolute Gasteiger partial charge is 1.00 e. The van der Waals surface area contributed by atoms with Crippen LogP contribution < -0.4 is 34.7 Å². The quantitative estimate of drug-likeness (QED) is 0.126. The van der Waals surface area contributed by atoms with E-state index >= 15 is 0 Å². The van der Waals surface area contributed by atoms with Crippen LogP contribution in [0.5, 0.6) is 0 Å². The number of halogens is 1. The van der Waals surface area contributed by atoms with Crippen molar-refractivity contribution in [2.24, 2.45) is 0 Å². The molecule has 0 saturated carbocycles. The van der Waals surface area contributed by atoms with Gasteiger partial charge in [-0.1, -0.05) is 22.6 Å². The fourth-order valence-electron chi connectivity index (χ4n) is 0.110. The third-order valence-corrected chi connectivity index (χ3v) is 0.600. The summed E-state index contributed by atoms with van der Waals surface area (Å²) in [5.74, 6) is -3.44. The van der Waals surface area contributed by atoms with Crippen LogP contribution in [0.25, 0.3) is 0 Å². The Labute approximate surface area is 92.4 Å². The third kappa shape index (κ3) is 6.75. The molecule has 10 heavy (non-hydrogen) atoms. The van der Waals surface area contributed by atoms with Gasteiger partial charge in [0.25, 0.3) is 0 Å². The van der Waals surface area contributed by atoms with E-state index in [4.69, 9.17) is 0 Å². The van der Waals surface area contributed by atoms with Crippen molar-refractivity contribution < 1.29 is 54.0 Å². The molecule has 0 aliphatic carbocycles. The van der Waals surface area contributed by atoms with Crippen LogP contribution in [-0.4, -0.2) is 16.6 Å². The topological polar surface area (TPSA) is 75.7 Å². The minimum atomic E-state index is -1.92. The predicted molar refractivity (Wildman–Crippen MR) is 31.1 cm³/mol. The van der Waals surface area contributed by atoms with Gasteiger partial charge in [-0.2, -0.15) is 4.89 Å². The Morgan fingerprint density at radius 2 is 2.00 bits per heavy atom. The van der Waals surface area contributed by atoms with Crippen LogP contribution in [0, 0.1) is 0 Å². The molecule has 0 N–H and O–H groups in total. The number of hydrogen-bond donors (Lipinski definition) is 0. The van der Waals surface area contributed by atoms with Crippen LogP contribution in [0.4, 0.5) is 0 Å². The van der Waals surface area contributed by atoms with Gasteiger partial charge < -0.3 is 9.90 Å². The smallest absolute Gasteiger partial charge is 0.539 e. The van der Waals surface area contributed by atoms with E-state index in [1.807, 2.05) is 0 Å². The van der Waals surface area contributed by atoms with Gasteiger partial charge in [-0.25, -0.2) is 4.79 Å². The average molecular weight is 268 g/mol. The number of hydrogen-bond acceptors (Lipinski definition) is 5. The van der Waals surface area contributed by atoms with E-state index in [-0.39, 0.29) is 34.2 Å². The van der Waals surface area contributed by atoms with Gasteiger partial charge in [-0.05, 0) is 0 Å². The minimum absolute atomic E-state index is 0. The Kier molecular flexibility index (Phi) is 10.2. The van der Waals surface area contributed by atoms with Crippen molar-refractivity contribution in [1.29, 1.82) is 0 Å². The van der Waals surface area contributed by atoms with Gasteiger partial charge in [0.15, 0.2) is 5.97 Å². The summed E-state index contributed by atoms with van der Waals surface area (Å²) in [5.41, 5.74) is 0. The second-order valence-electron chi connectivity index (χ2n) is 0.885. The van der Waals surface area contributed by atoms with Crippen LogP contribution >= 0.6 is 22.6 Å². The molecule has 0 fully saturated rings. The maximum atomic E-state index is 9.89. The van der Waals surface area contributed by atoms with E-state index in [0.29, 0.717) is 0 Å². The molecule has 0 bridgehead atoms. The number of carbonyl (C=O) groups is 2. The summed E-state index contributed by atoms with van der Waals surface area (Å²) in [4.78, 5) is 27.0. The SMILES string of the molecule is O=C([O-])C(=O)OOCI.[Na+]. The molecule has 0 rings (SSSR count). The molecule has 0 heterocycles. The first-order valence-electron chi connectivity index (χ1n) is 1.79. The fourth-order valence-corrected chi connectivity index (χ4v) is 0.237. The molecule has 0 aromatic carbocycles. The predicted octanol–water partition coefficient (Wildman–Crippen LogP) is -4.39. The monoisotopic (exact) mass is 268 g/mol. The summed E-state index contributed by atoms with van der Waals surface area (Å²) in [6.45, 7) is 0. The van der Waals surface area contributed by atoms with Crippen molar-refractivity contribution in [2.45, 2.75) is 0 Å². The van der Waals surface area contributed by atoms with Crippen molar-refractivity contribution in [2.75, 3.05) is 4.61 Å². The third-order valence-electron chi connectivity index (χ3n) is 0.346. The fraction of sp³-hybridized carbons (Fsp3) is 0.333. The Morgan fingerprint density at radius 1 is 1.50 bits per heavy atom. The van der Waals surface area contributed by atoms with E-state index in [2.05, 4.69) is 9.78 Å². The van der Waals surface area contributed by atoms with Gasteiger partial charge in [-0.15, -0.1) is 0 Å². The Hall–Kier alpha value is 0.630. The zero-order valence-electron chi connectivity index (χ0n) is 5.13. The molecule has 0 aromatic heterocycles. The Morgan fingerprint density at radius 3 is 2.30 bits per heavy atom. The number of carboxylic acid groups (broad SMARTS) is 1. The zero-order chi connectivity index (χ0) is 7.28. The Balaban J connectivity index is 0. The van der Waals surface area contributed by atoms with Crippen LogP contribution in [0.15, 0.2) is 0 Å². The zero-order valence-corrected chi connectivity index (χ0v) is 9.28. The molecule has 0 aliphatic rings. The molecule has 0 saturated heterocycles. The van der Waals surface area contributed by atoms with Gasteiger partial charge in [0.1, 0.15) is 4.61 Å². The molecular formula is C3H2INaO5. The minimum Gasteiger partial charge on any atom is -0.539 e. The molecule has 52 valence electrons. The summed E-state index contributed by atoms with van der Waals surface area (Å²) in [5, 5.41) is 9.54. The van der Waals surface area contributed by atoms with Crippen LogP contribution in [0.3, 0.4) is 0 Å². The average Bonchev–Trinajstić information content (AvgIpc) is 1.82. The summed E-state index contributed by atoms with van der Waals surface area (Å²) in [7, 11) is 0. The Bertz CT molecular complexity index is 126. The molecule has 0 unspecified atom stereocenters. The van der Waals surface area contributed by atoms with Gasteiger partial charge in [0.2, 0.25) is 0 Å². The maximum Gasteiger partial charge on any atom is 1.00 e. The van der Waals surface area contributed by atoms with E-state index in [0.717, 1.165) is 0 Å². The maximum absolute atomic E-state index is 9.89. The van der Waals surface area contributed by atoms with Crippen molar-refractivity contribution in [1.82, 2.24) is 0 Å². The summed E-state index contributed by atoms with van der Waals surface area (Å²) in [6, 6.07) is 0. The van der Waals surface area contributed by atoms with E-state index in [9.17, 15) is 14.7 Å². The summed E-state index contributed by atoms with van der Waals surface area (Å²) in [6.07, 6.45) is 0. The number of rotatable bonds is 2. The molecule has 0 radical (unpaired) electrons. The van der Waals surface area contributed by atoms with Gasteiger partial charge in [0, 0.05) is 0 Å². The number of carboxylic acids is 1. The molecule has 0 spiro atoms. The van der Waals surface area contributed by atoms with Crippen LogP contribution in [0.1, 0.15) is 0 Å². The molecule has 0 aromatic rings. The van der Waals surface area contributed by atoms with Gasteiger partial charge in [0.05, 0.1) is 0 Å². The molecule has 0 atom stereocenters. The molecule has 7 heteroatoms. The van der Waals surface area contributed by atoms with Crippen LogP contribution in [-0.2, 0) is 19.4 Å². The van der Waals surface area contributed by atoms with Crippen molar-refractivity contribution in [3.05, 3.63) is 0 Å². The number of aliphatic carboxylic acids is 1. The molecule has 0 amide bonds. The van der Waals surface area contributed by atoms with Crippen molar-refractivity contribution >= 4 is 34.5 Å². The number of alkyl halides is 1. The molecular weight excluding hydrogens is 266 g/mol. The van der Waals surface area contributed by atoms with E-state index < -0.39 is 11.9 Å². The van der Waals surface area contributed by atoms with Crippen molar-refractivity contribution in [3.63, 3.8) is 0 Å². The normalized spacial score (nSPS) is 7.70. The number of carbonyl (C=O) groups excluding carboxylic acids is 2. The van der Waals surface area contributed by atoms with Crippen molar-refractivity contribution in [3.8, 4) is 0 Å². The second kappa shape index (κ2) is 7.73. The van der Waals surface area contributed by atoms with Gasteiger partial charge >= 0.3 is 35.5 Å². The first-order chi connectivity index (χ1) is 4.18. The summed E-state index contributed by atoms with van der Waals surface area (Å²) >= 11 is 1.73. The first kappa shape index (κ1) is 13.2. The van der Waals surface area contributed by atoms with E-state index in [1.54, 1.807) is 22.6 Å². The second-order valence-corrected chi connectivity index (χ2v) is 1.51. The molecule has 5 nitrogen and oxygen atoms in total. The first-order valence-corrected chi connectivity index (χ1v) is 3.31. The molecule has 0 aliphatic heterocycles. The van der Waals surface area contributed by atoms with E-state index in [1.165, 1.54) is 0 Å². The van der Waals surface area contributed by atoms with Crippen LogP contribution in [0.2, 0.25) is 0 Å². The standard InChI is InChI=1S/C3H3IO5.Na/c4-1-8-9-3(7)2(5)6;/h1H2,(H,5,6);/q;+1/p-1. The van der Waals surface area contributed by atoms with Gasteiger partial charge in [-0.3, -0.25) is 4.89 Å².